The van der Waals surface area contributed by atoms with Crippen molar-refractivity contribution >= 4 is 11.9 Å². The summed E-state index contributed by atoms with van der Waals surface area (Å²) < 4.78 is 10.3. The maximum Gasteiger partial charge on any atom is 0.305 e. The van der Waals surface area contributed by atoms with Gasteiger partial charge in [-0.15, -0.1) is 0 Å². The summed E-state index contributed by atoms with van der Waals surface area (Å²) in [7, 11) is 0. The molecule has 0 radical (unpaired) electrons. The molecule has 0 aromatic rings. The van der Waals surface area contributed by atoms with Crippen molar-refractivity contribution in [2.24, 2.45) is 0 Å². The van der Waals surface area contributed by atoms with E-state index in [-0.39, 0.29) is 25.2 Å². The molecule has 0 saturated heterocycles. The van der Waals surface area contributed by atoms with Gasteiger partial charge in [0.1, 0.15) is 19.3 Å². The van der Waals surface area contributed by atoms with Crippen molar-refractivity contribution in [3.8, 4) is 0 Å². The second-order valence-corrected chi connectivity index (χ2v) is 10.9. The number of carbonyl (C=O) groups excluding carboxylic acids is 2. The molecule has 0 heterocycles. The van der Waals surface area contributed by atoms with Crippen LogP contribution in [0.15, 0.2) is 0 Å². The second-order valence-electron chi connectivity index (χ2n) is 10.9. The molecule has 0 rings (SSSR count). The zero-order valence-electron chi connectivity index (χ0n) is 24.7. The molecule has 0 aliphatic carbocycles. The topological polar surface area (TPSA) is 72.8 Å². The number of rotatable bonds is 29. The highest BCUT2D eigenvalue weighted by Gasteiger charge is 2.12. The lowest BCUT2D eigenvalue weighted by Gasteiger charge is -2.12. The summed E-state index contributed by atoms with van der Waals surface area (Å²) in [6.45, 7) is 4.28. The third-order valence-electron chi connectivity index (χ3n) is 7.09. The van der Waals surface area contributed by atoms with Crippen LogP contribution in [0.1, 0.15) is 174 Å². The highest BCUT2D eigenvalue weighted by atomic mass is 16.6. The van der Waals surface area contributed by atoms with Gasteiger partial charge in [0.25, 0.3) is 0 Å². The van der Waals surface area contributed by atoms with Gasteiger partial charge in [-0.2, -0.15) is 0 Å². The van der Waals surface area contributed by atoms with Crippen molar-refractivity contribution < 1.29 is 24.2 Å². The third-order valence-corrected chi connectivity index (χ3v) is 7.09. The average Bonchev–Trinajstić information content (AvgIpc) is 2.90. The first-order valence-electron chi connectivity index (χ1n) is 16.1. The maximum absolute atomic E-state index is 11.9. The lowest BCUT2D eigenvalue weighted by molar-refractivity contribution is -0.152. The molecule has 0 spiro atoms. The van der Waals surface area contributed by atoms with Crippen LogP contribution < -0.4 is 0 Å². The second kappa shape index (κ2) is 29.5. The summed E-state index contributed by atoms with van der Waals surface area (Å²) >= 11 is 0. The highest BCUT2D eigenvalue weighted by molar-refractivity contribution is 5.69. The summed E-state index contributed by atoms with van der Waals surface area (Å²) in [6.07, 6.45) is 28.6. The van der Waals surface area contributed by atoms with E-state index < -0.39 is 6.10 Å². The number of carbonyl (C=O) groups is 2. The Morgan fingerprint density at radius 3 is 0.973 bits per heavy atom. The zero-order valence-corrected chi connectivity index (χ0v) is 24.7. The van der Waals surface area contributed by atoms with E-state index in [1.54, 1.807) is 0 Å². The van der Waals surface area contributed by atoms with E-state index in [1.807, 2.05) is 0 Å². The molecular weight excluding hydrogens is 464 g/mol. The fourth-order valence-electron chi connectivity index (χ4n) is 4.61. The minimum absolute atomic E-state index is 0.108. The smallest absolute Gasteiger partial charge is 0.305 e. The summed E-state index contributed by atoms with van der Waals surface area (Å²) in [5.74, 6) is -0.559. The monoisotopic (exact) mass is 526 g/mol. The first-order chi connectivity index (χ1) is 18.1. The quantitative estimate of drug-likeness (QED) is 0.0776. The molecule has 0 fully saturated rings. The Bertz CT molecular complexity index is 494. The molecule has 0 aliphatic rings. The molecule has 37 heavy (non-hydrogen) atoms. The first-order valence-corrected chi connectivity index (χ1v) is 16.1. The number of esters is 2. The molecule has 0 unspecified atom stereocenters. The fraction of sp³-hybridized carbons (Fsp3) is 0.938. The Kier molecular flexibility index (Phi) is 28.6. The Morgan fingerprint density at radius 2 is 0.703 bits per heavy atom. The van der Waals surface area contributed by atoms with E-state index in [1.165, 1.54) is 122 Å². The van der Waals surface area contributed by atoms with E-state index in [0.717, 1.165) is 25.7 Å². The standard InChI is InChI=1S/C32H62O5/c1-3-5-7-9-11-13-15-17-19-21-23-25-27-32(35)37-29-30(33)28-36-31(34)26-24-22-20-18-16-14-12-10-8-6-4-2/h30,33H,3-29H2,1-2H3/t30-/m1/s1. The zero-order chi connectivity index (χ0) is 27.2. The van der Waals surface area contributed by atoms with Crippen LogP contribution in [-0.2, 0) is 19.1 Å². The maximum atomic E-state index is 11.9. The first kappa shape index (κ1) is 35.9. The normalized spacial score (nSPS) is 12.0. The fourth-order valence-corrected chi connectivity index (χ4v) is 4.61. The van der Waals surface area contributed by atoms with E-state index in [0.29, 0.717) is 12.8 Å². The minimum Gasteiger partial charge on any atom is -0.463 e. The van der Waals surface area contributed by atoms with Crippen LogP contribution in [0.3, 0.4) is 0 Å². The van der Waals surface area contributed by atoms with Gasteiger partial charge in [0.2, 0.25) is 0 Å². The molecule has 1 N–H and O–H groups in total. The van der Waals surface area contributed by atoms with Gasteiger partial charge >= 0.3 is 11.9 Å². The van der Waals surface area contributed by atoms with Crippen molar-refractivity contribution in [2.45, 2.75) is 180 Å². The minimum atomic E-state index is -0.952. The Hall–Kier alpha value is -1.10. The van der Waals surface area contributed by atoms with E-state index >= 15 is 0 Å². The van der Waals surface area contributed by atoms with Crippen LogP contribution in [0.5, 0.6) is 0 Å². The van der Waals surface area contributed by atoms with Crippen molar-refractivity contribution in [3.05, 3.63) is 0 Å². The number of unbranched alkanes of at least 4 members (excludes halogenated alkanes) is 21. The van der Waals surface area contributed by atoms with Gasteiger partial charge in [-0.1, -0.05) is 149 Å². The van der Waals surface area contributed by atoms with Crippen molar-refractivity contribution in [1.29, 1.82) is 0 Å². The Labute approximate surface area is 229 Å². The average molecular weight is 527 g/mol. The van der Waals surface area contributed by atoms with E-state index in [4.69, 9.17) is 9.47 Å². The largest absolute Gasteiger partial charge is 0.463 e. The van der Waals surface area contributed by atoms with Gasteiger partial charge in [-0.05, 0) is 12.8 Å². The molecule has 5 nitrogen and oxygen atoms in total. The molecule has 220 valence electrons. The van der Waals surface area contributed by atoms with Gasteiger partial charge in [0, 0.05) is 12.8 Å². The van der Waals surface area contributed by atoms with Crippen LogP contribution in [0.2, 0.25) is 0 Å². The van der Waals surface area contributed by atoms with E-state index in [9.17, 15) is 14.7 Å². The summed E-state index contributed by atoms with van der Waals surface area (Å²) in [4.78, 5) is 23.7. The van der Waals surface area contributed by atoms with Crippen LogP contribution in [0.25, 0.3) is 0 Å². The molecule has 0 amide bonds. The van der Waals surface area contributed by atoms with Crippen molar-refractivity contribution in [2.75, 3.05) is 13.2 Å². The van der Waals surface area contributed by atoms with E-state index in [2.05, 4.69) is 13.8 Å². The lowest BCUT2D eigenvalue weighted by Crippen LogP contribution is -2.25. The Morgan fingerprint density at radius 1 is 0.459 bits per heavy atom. The van der Waals surface area contributed by atoms with Gasteiger partial charge in [-0.25, -0.2) is 0 Å². The molecule has 0 aromatic heterocycles. The van der Waals surface area contributed by atoms with Gasteiger partial charge in [0.05, 0.1) is 0 Å². The molecule has 0 saturated carbocycles. The summed E-state index contributed by atoms with van der Waals surface area (Å²) in [5, 5.41) is 9.93. The predicted molar refractivity (Wildman–Crippen MR) is 155 cm³/mol. The number of aliphatic hydroxyl groups is 1. The van der Waals surface area contributed by atoms with Gasteiger partial charge in [-0.3, -0.25) is 9.59 Å². The molecule has 1 atom stereocenters. The number of aliphatic hydroxyl groups excluding tert-OH is 1. The molecule has 0 aliphatic heterocycles. The number of ether oxygens (including phenoxy) is 2. The van der Waals surface area contributed by atoms with Crippen molar-refractivity contribution in [1.82, 2.24) is 0 Å². The summed E-state index contributed by atoms with van der Waals surface area (Å²) in [5.41, 5.74) is 0. The number of hydrogen-bond donors (Lipinski definition) is 1. The Balaban J connectivity index is 3.41. The lowest BCUT2D eigenvalue weighted by atomic mass is 10.0. The highest BCUT2D eigenvalue weighted by Crippen LogP contribution is 2.14. The molecule has 0 bridgehead atoms. The SMILES string of the molecule is CCCCCCCCCCCCCCC(=O)OC[C@H](O)COC(=O)CCCCCCCCCCCCC. The van der Waals surface area contributed by atoms with Gasteiger partial charge in [0.15, 0.2) is 0 Å². The molecule has 0 aromatic carbocycles. The van der Waals surface area contributed by atoms with Crippen LogP contribution in [0.4, 0.5) is 0 Å². The predicted octanol–water partition coefficient (Wildman–Crippen LogP) is 9.23. The van der Waals surface area contributed by atoms with Gasteiger partial charge < -0.3 is 14.6 Å². The van der Waals surface area contributed by atoms with Crippen molar-refractivity contribution in [3.63, 3.8) is 0 Å². The molecule has 5 heteroatoms. The van der Waals surface area contributed by atoms with Crippen LogP contribution >= 0.6 is 0 Å². The summed E-state index contributed by atoms with van der Waals surface area (Å²) in [6, 6.07) is 0. The third kappa shape index (κ3) is 29.3. The molecular formula is C32H62O5. The van der Waals surface area contributed by atoms with Crippen LogP contribution in [0, 0.1) is 0 Å². The van der Waals surface area contributed by atoms with Crippen LogP contribution in [-0.4, -0.2) is 36.4 Å². The number of hydrogen-bond acceptors (Lipinski definition) is 5.